The smallest absolute Gasteiger partial charge is 0.131 e. The van der Waals surface area contributed by atoms with E-state index in [-0.39, 0.29) is 5.54 Å². The van der Waals surface area contributed by atoms with Crippen LogP contribution in [0, 0.1) is 0 Å². The van der Waals surface area contributed by atoms with E-state index in [1.54, 1.807) is 0 Å². The van der Waals surface area contributed by atoms with Crippen LogP contribution in [0.4, 0.5) is 5.69 Å². The van der Waals surface area contributed by atoms with E-state index in [9.17, 15) is 0 Å². The van der Waals surface area contributed by atoms with Crippen LogP contribution < -0.4 is 10.6 Å². The van der Waals surface area contributed by atoms with Crippen molar-refractivity contribution in [2.75, 3.05) is 5.32 Å². The highest BCUT2D eigenvalue weighted by Gasteiger charge is 2.14. The molecule has 4 heteroatoms. The highest BCUT2D eigenvalue weighted by atomic mass is 15.0. The molecule has 0 aromatic carbocycles. The highest BCUT2D eigenvalue weighted by Crippen LogP contribution is 2.18. The van der Waals surface area contributed by atoms with Crippen molar-refractivity contribution in [1.29, 1.82) is 0 Å². The van der Waals surface area contributed by atoms with Crippen LogP contribution in [0.1, 0.15) is 65.9 Å². The molecule has 0 saturated heterocycles. The van der Waals surface area contributed by atoms with Gasteiger partial charge in [-0.15, -0.1) is 0 Å². The Labute approximate surface area is 117 Å². The van der Waals surface area contributed by atoms with Crippen molar-refractivity contribution in [3.8, 4) is 0 Å². The number of nitrogens with zero attached hydrogens (tertiary/aromatic N) is 2. The van der Waals surface area contributed by atoms with Crippen LogP contribution >= 0.6 is 0 Å². The Bertz CT molecular complexity index is 405. The normalized spacial score (nSPS) is 12.3. The summed E-state index contributed by atoms with van der Waals surface area (Å²) in [5, 5.41) is 6.90. The first-order chi connectivity index (χ1) is 8.69. The van der Waals surface area contributed by atoms with Gasteiger partial charge in [-0.05, 0) is 34.6 Å². The second-order valence-corrected chi connectivity index (χ2v) is 6.65. The van der Waals surface area contributed by atoms with Crippen molar-refractivity contribution in [2.45, 2.75) is 72.5 Å². The minimum Gasteiger partial charge on any atom is -0.380 e. The van der Waals surface area contributed by atoms with E-state index in [2.05, 4.69) is 64.1 Å². The van der Waals surface area contributed by atoms with Crippen molar-refractivity contribution >= 4 is 5.69 Å². The van der Waals surface area contributed by atoms with Gasteiger partial charge in [0.05, 0.1) is 17.6 Å². The standard InChI is InChI=1S/C15H28N4/c1-10(2)14-16-8-12(18-11(3)4)13(19-14)9-17-15(5,6)7/h8,10-11,17-18H,9H2,1-7H3. The predicted molar refractivity (Wildman–Crippen MR) is 81.5 cm³/mol. The Hall–Kier alpha value is -1.16. The molecule has 1 rings (SSSR count). The fourth-order valence-electron chi connectivity index (χ4n) is 1.63. The summed E-state index contributed by atoms with van der Waals surface area (Å²) in [5.41, 5.74) is 2.15. The lowest BCUT2D eigenvalue weighted by molar-refractivity contribution is 0.421. The Morgan fingerprint density at radius 3 is 2.26 bits per heavy atom. The molecule has 19 heavy (non-hydrogen) atoms. The Kier molecular flexibility index (Phi) is 5.29. The van der Waals surface area contributed by atoms with Gasteiger partial charge in [-0.25, -0.2) is 9.97 Å². The zero-order valence-corrected chi connectivity index (χ0v) is 13.3. The van der Waals surface area contributed by atoms with Gasteiger partial charge in [0, 0.05) is 24.0 Å². The van der Waals surface area contributed by atoms with Gasteiger partial charge < -0.3 is 10.6 Å². The minimum atomic E-state index is 0.0814. The first kappa shape index (κ1) is 15.9. The monoisotopic (exact) mass is 264 g/mol. The van der Waals surface area contributed by atoms with Crippen LogP contribution in [0.3, 0.4) is 0 Å². The van der Waals surface area contributed by atoms with Gasteiger partial charge in [0.15, 0.2) is 0 Å². The van der Waals surface area contributed by atoms with Gasteiger partial charge in [0.25, 0.3) is 0 Å². The lowest BCUT2D eigenvalue weighted by atomic mass is 10.1. The molecule has 1 heterocycles. The first-order valence-electron chi connectivity index (χ1n) is 7.06. The number of hydrogen-bond donors (Lipinski definition) is 2. The van der Waals surface area contributed by atoms with Gasteiger partial charge in [-0.3, -0.25) is 0 Å². The average molecular weight is 264 g/mol. The third kappa shape index (κ3) is 5.55. The zero-order valence-electron chi connectivity index (χ0n) is 13.3. The fourth-order valence-corrected chi connectivity index (χ4v) is 1.63. The summed E-state index contributed by atoms with van der Waals surface area (Å²) in [6.07, 6.45) is 1.90. The maximum absolute atomic E-state index is 4.69. The van der Waals surface area contributed by atoms with Gasteiger partial charge in [-0.1, -0.05) is 13.8 Å². The lowest BCUT2D eigenvalue weighted by Crippen LogP contribution is -2.35. The second kappa shape index (κ2) is 6.33. The largest absolute Gasteiger partial charge is 0.380 e. The van der Waals surface area contributed by atoms with Gasteiger partial charge in [-0.2, -0.15) is 0 Å². The van der Waals surface area contributed by atoms with Crippen LogP contribution in [0.2, 0.25) is 0 Å². The molecule has 0 aliphatic rings. The van der Waals surface area contributed by atoms with Crippen LogP contribution in [-0.2, 0) is 6.54 Å². The average Bonchev–Trinajstić information content (AvgIpc) is 2.25. The van der Waals surface area contributed by atoms with E-state index in [0.29, 0.717) is 12.0 Å². The van der Waals surface area contributed by atoms with Crippen molar-refractivity contribution in [1.82, 2.24) is 15.3 Å². The summed E-state index contributed by atoms with van der Waals surface area (Å²) in [6.45, 7) is 15.7. The number of rotatable bonds is 5. The molecule has 0 saturated carbocycles. The molecule has 0 spiro atoms. The quantitative estimate of drug-likeness (QED) is 0.856. The second-order valence-electron chi connectivity index (χ2n) is 6.65. The summed E-state index contributed by atoms with van der Waals surface area (Å²) < 4.78 is 0. The van der Waals surface area contributed by atoms with E-state index in [4.69, 9.17) is 4.98 Å². The molecule has 0 bridgehead atoms. The van der Waals surface area contributed by atoms with Crippen LogP contribution in [0.5, 0.6) is 0 Å². The zero-order chi connectivity index (χ0) is 14.6. The molecule has 0 aliphatic carbocycles. The molecule has 4 nitrogen and oxygen atoms in total. The molecule has 0 aliphatic heterocycles. The molecule has 1 aromatic rings. The summed E-state index contributed by atoms with van der Waals surface area (Å²) in [4.78, 5) is 9.13. The van der Waals surface area contributed by atoms with Crippen LogP contribution in [-0.4, -0.2) is 21.5 Å². The number of anilines is 1. The summed E-state index contributed by atoms with van der Waals surface area (Å²) >= 11 is 0. The molecule has 0 amide bonds. The summed E-state index contributed by atoms with van der Waals surface area (Å²) in [6, 6.07) is 0.377. The number of aromatic nitrogens is 2. The van der Waals surface area contributed by atoms with Crippen LogP contribution in [0.15, 0.2) is 6.20 Å². The van der Waals surface area contributed by atoms with E-state index in [1.807, 2.05) is 6.20 Å². The topological polar surface area (TPSA) is 49.8 Å². The van der Waals surface area contributed by atoms with E-state index in [1.165, 1.54) is 0 Å². The Balaban J connectivity index is 2.97. The first-order valence-corrected chi connectivity index (χ1v) is 7.06. The molecule has 1 aromatic heterocycles. The Morgan fingerprint density at radius 1 is 1.16 bits per heavy atom. The van der Waals surface area contributed by atoms with Crippen molar-refractivity contribution in [2.24, 2.45) is 0 Å². The van der Waals surface area contributed by atoms with Crippen molar-refractivity contribution in [3.63, 3.8) is 0 Å². The molecular formula is C15H28N4. The van der Waals surface area contributed by atoms with Crippen LogP contribution in [0.25, 0.3) is 0 Å². The Morgan fingerprint density at radius 2 is 1.79 bits per heavy atom. The van der Waals surface area contributed by atoms with E-state index in [0.717, 1.165) is 23.8 Å². The molecule has 0 atom stereocenters. The molecule has 0 fully saturated rings. The molecule has 2 N–H and O–H groups in total. The third-order valence-electron chi connectivity index (χ3n) is 2.63. The van der Waals surface area contributed by atoms with E-state index >= 15 is 0 Å². The number of nitrogens with one attached hydrogen (secondary N) is 2. The third-order valence-corrected chi connectivity index (χ3v) is 2.63. The molecular weight excluding hydrogens is 236 g/mol. The highest BCUT2D eigenvalue weighted by molar-refractivity contribution is 5.46. The van der Waals surface area contributed by atoms with Gasteiger partial charge in [0.2, 0.25) is 0 Å². The molecule has 108 valence electrons. The van der Waals surface area contributed by atoms with Gasteiger partial charge >= 0.3 is 0 Å². The molecule has 0 radical (unpaired) electrons. The summed E-state index contributed by atoms with van der Waals surface area (Å²) in [7, 11) is 0. The van der Waals surface area contributed by atoms with Gasteiger partial charge in [0.1, 0.15) is 5.82 Å². The minimum absolute atomic E-state index is 0.0814. The maximum atomic E-state index is 4.69. The fraction of sp³-hybridized carbons (Fsp3) is 0.733. The molecule has 0 unspecified atom stereocenters. The van der Waals surface area contributed by atoms with E-state index < -0.39 is 0 Å². The lowest BCUT2D eigenvalue weighted by Gasteiger charge is -2.22. The maximum Gasteiger partial charge on any atom is 0.131 e. The predicted octanol–water partition coefficient (Wildman–Crippen LogP) is 3.31. The number of hydrogen-bond acceptors (Lipinski definition) is 4. The van der Waals surface area contributed by atoms with Crippen molar-refractivity contribution in [3.05, 3.63) is 17.7 Å². The van der Waals surface area contributed by atoms with Crippen molar-refractivity contribution < 1.29 is 0 Å². The SMILES string of the molecule is CC(C)Nc1cnc(C(C)C)nc1CNC(C)(C)C. The summed E-state index contributed by atoms with van der Waals surface area (Å²) in [5.74, 6) is 1.25.